The molecule has 6 aromatic carbocycles. The first-order valence-electron chi connectivity index (χ1n) is 14.7. The highest BCUT2D eigenvalue weighted by atomic mass is 16.3. The van der Waals surface area contributed by atoms with Crippen molar-refractivity contribution < 1.29 is 4.42 Å². The number of para-hydroxylation sites is 6. The molecular formula is C38H23N5O. The summed E-state index contributed by atoms with van der Waals surface area (Å²) in [5.74, 6) is 1.59. The average Bonchev–Trinajstić information content (AvgIpc) is 3.74. The van der Waals surface area contributed by atoms with Crippen LogP contribution in [0, 0.1) is 0 Å². The second-order valence-electron chi connectivity index (χ2n) is 11.2. The smallest absolute Gasteiger partial charge is 0.223 e. The van der Waals surface area contributed by atoms with E-state index >= 15 is 0 Å². The number of rotatable bonds is 2. The van der Waals surface area contributed by atoms with Gasteiger partial charge >= 0.3 is 0 Å². The van der Waals surface area contributed by atoms with Gasteiger partial charge in [-0.2, -0.15) is 0 Å². The van der Waals surface area contributed by atoms with Crippen molar-refractivity contribution in [2.45, 2.75) is 0 Å². The molecule has 0 amide bonds. The lowest BCUT2D eigenvalue weighted by Gasteiger charge is -2.06. The van der Waals surface area contributed by atoms with Crippen LogP contribution in [0.1, 0.15) is 0 Å². The van der Waals surface area contributed by atoms with E-state index in [1.54, 1.807) is 0 Å². The molecular weight excluding hydrogens is 542 g/mol. The maximum Gasteiger partial charge on any atom is 0.223 e. The summed E-state index contributed by atoms with van der Waals surface area (Å²) in [7, 11) is 0. The number of nitrogens with zero attached hydrogens (tertiary/aromatic N) is 5. The molecule has 0 fully saturated rings. The molecule has 0 N–H and O–H groups in total. The Morgan fingerprint density at radius 3 is 1.80 bits per heavy atom. The first-order valence-corrected chi connectivity index (χ1v) is 14.7. The molecule has 0 aliphatic rings. The Hall–Kier alpha value is -6.14. The van der Waals surface area contributed by atoms with E-state index in [4.69, 9.17) is 14.4 Å². The van der Waals surface area contributed by atoms with E-state index < -0.39 is 0 Å². The fourth-order valence-corrected chi connectivity index (χ4v) is 6.68. The highest BCUT2D eigenvalue weighted by molar-refractivity contribution is 6.06. The zero-order valence-electron chi connectivity index (χ0n) is 23.4. The lowest BCUT2D eigenvalue weighted by atomic mass is 10.0. The quantitative estimate of drug-likeness (QED) is 0.210. The Morgan fingerprint density at radius 2 is 1.02 bits per heavy atom. The van der Waals surface area contributed by atoms with Crippen LogP contribution in [0.4, 0.5) is 0 Å². The number of aromatic nitrogens is 5. The van der Waals surface area contributed by atoms with Gasteiger partial charge in [0.25, 0.3) is 0 Å². The molecule has 6 heteroatoms. The molecule has 206 valence electrons. The largest absolute Gasteiger partial charge is 0.456 e. The SMILES string of the molecule is c1ccc(-n2c3nc4ccccc4n3c3ccc(-c4ccc5oc6ccccc6c5c4)cc3n3c4ccccc4nc23)cc1. The van der Waals surface area contributed by atoms with Crippen LogP contribution in [0.25, 0.3) is 83.4 Å². The van der Waals surface area contributed by atoms with Crippen LogP contribution in [0.3, 0.4) is 0 Å². The molecule has 10 aromatic rings. The number of hydrogen-bond acceptors (Lipinski definition) is 3. The third-order valence-corrected chi connectivity index (χ3v) is 8.67. The highest BCUT2D eigenvalue weighted by Gasteiger charge is 2.19. The molecule has 6 nitrogen and oxygen atoms in total. The predicted molar refractivity (Wildman–Crippen MR) is 177 cm³/mol. The van der Waals surface area contributed by atoms with Gasteiger partial charge < -0.3 is 4.42 Å². The van der Waals surface area contributed by atoms with E-state index in [-0.39, 0.29) is 0 Å². The standard InChI is InChI=1S/C38H23N5O/c1-2-10-26(11-3-1)41-37-39-29-13-5-7-15-31(29)42(37)33-20-18-25(23-34(33)43-32-16-8-6-14-30(32)40-38(41)43)24-19-21-36-28(22-24)27-12-4-9-17-35(27)44-36/h1-23H. The molecule has 0 bridgehead atoms. The molecule has 4 aromatic heterocycles. The summed E-state index contributed by atoms with van der Waals surface area (Å²) in [5, 5.41) is 2.23. The lowest BCUT2D eigenvalue weighted by molar-refractivity contribution is 0.669. The Morgan fingerprint density at radius 1 is 0.432 bits per heavy atom. The van der Waals surface area contributed by atoms with Crippen LogP contribution in [0.5, 0.6) is 0 Å². The van der Waals surface area contributed by atoms with Crippen molar-refractivity contribution in [3.63, 3.8) is 0 Å². The lowest BCUT2D eigenvalue weighted by Crippen LogP contribution is -2.01. The third kappa shape index (κ3) is 3.19. The summed E-state index contributed by atoms with van der Waals surface area (Å²) in [6.07, 6.45) is 0. The van der Waals surface area contributed by atoms with E-state index in [0.29, 0.717) is 0 Å². The van der Waals surface area contributed by atoms with Crippen molar-refractivity contribution in [3.05, 3.63) is 140 Å². The maximum absolute atomic E-state index is 6.13. The van der Waals surface area contributed by atoms with Crippen LogP contribution in [0.2, 0.25) is 0 Å². The van der Waals surface area contributed by atoms with Gasteiger partial charge in [-0.05, 0) is 77.9 Å². The fraction of sp³-hybridized carbons (Fsp3) is 0. The van der Waals surface area contributed by atoms with E-state index in [9.17, 15) is 0 Å². The summed E-state index contributed by atoms with van der Waals surface area (Å²) < 4.78 is 12.8. The van der Waals surface area contributed by atoms with Crippen molar-refractivity contribution in [3.8, 4) is 16.8 Å². The summed E-state index contributed by atoms with van der Waals surface area (Å²) in [6, 6.07) is 48.4. The molecule has 0 radical (unpaired) electrons. The van der Waals surface area contributed by atoms with Gasteiger partial charge in [-0.15, -0.1) is 0 Å². The molecule has 0 saturated heterocycles. The Bertz CT molecular complexity index is 2780. The number of benzene rings is 6. The summed E-state index contributed by atoms with van der Waals surface area (Å²) >= 11 is 0. The second-order valence-corrected chi connectivity index (χ2v) is 11.2. The van der Waals surface area contributed by atoms with Crippen LogP contribution >= 0.6 is 0 Å². The van der Waals surface area contributed by atoms with Crippen LogP contribution in [-0.4, -0.2) is 23.3 Å². The van der Waals surface area contributed by atoms with Crippen molar-refractivity contribution in [2.24, 2.45) is 0 Å². The first-order chi connectivity index (χ1) is 21.8. The summed E-state index contributed by atoms with van der Waals surface area (Å²) in [4.78, 5) is 10.4. The molecule has 44 heavy (non-hydrogen) atoms. The van der Waals surface area contributed by atoms with Gasteiger partial charge in [0.05, 0.1) is 38.8 Å². The monoisotopic (exact) mass is 565 g/mol. The molecule has 0 unspecified atom stereocenters. The predicted octanol–water partition coefficient (Wildman–Crippen LogP) is 9.36. The van der Waals surface area contributed by atoms with Crippen LogP contribution < -0.4 is 0 Å². The summed E-state index contributed by atoms with van der Waals surface area (Å²) in [6.45, 7) is 0. The minimum atomic E-state index is 0.793. The van der Waals surface area contributed by atoms with Crippen molar-refractivity contribution in [1.29, 1.82) is 0 Å². The molecule has 10 rings (SSSR count). The molecule has 0 aliphatic carbocycles. The van der Waals surface area contributed by atoms with E-state index in [2.05, 4.69) is 123 Å². The molecule has 4 heterocycles. The number of hydrogen-bond donors (Lipinski definition) is 0. The van der Waals surface area contributed by atoms with E-state index in [0.717, 1.165) is 83.4 Å². The normalized spacial score (nSPS) is 12.1. The van der Waals surface area contributed by atoms with Crippen LogP contribution in [0.15, 0.2) is 144 Å². The van der Waals surface area contributed by atoms with Gasteiger partial charge in [0, 0.05) is 10.8 Å². The second kappa shape index (κ2) is 8.69. The van der Waals surface area contributed by atoms with Gasteiger partial charge in [0.2, 0.25) is 11.6 Å². The molecule has 0 atom stereocenters. The first kappa shape index (κ1) is 23.4. The van der Waals surface area contributed by atoms with Gasteiger partial charge in [-0.25, -0.2) is 14.5 Å². The van der Waals surface area contributed by atoms with E-state index in [1.807, 2.05) is 30.3 Å². The Balaban J connectivity index is 1.41. The third-order valence-electron chi connectivity index (χ3n) is 8.67. The van der Waals surface area contributed by atoms with Crippen molar-refractivity contribution in [2.75, 3.05) is 0 Å². The number of furan rings is 1. The minimum Gasteiger partial charge on any atom is -0.456 e. The molecule has 0 aliphatic heterocycles. The van der Waals surface area contributed by atoms with Crippen molar-refractivity contribution in [1.82, 2.24) is 23.3 Å². The topological polar surface area (TPSA) is 52.7 Å². The minimum absolute atomic E-state index is 0.793. The van der Waals surface area contributed by atoms with Gasteiger partial charge in [0.15, 0.2) is 0 Å². The molecule has 0 spiro atoms. The zero-order chi connectivity index (χ0) is 28.8. The van der Waals surface area contributed by atoms with Gasteiger partial charge in [-0.1, -0.05) is 72.8 Å². The Labute approximate surface area is 250 Å². The number of imidazole rings is 2. The van der Waals surface area contributed by atoms with E-state index in [1.165, 1.54) is 0 Å². The summed E-state index contributed by atoms with van der Waals surface area (Å²) in [5.41, 5.74) is 11.0. The maximum atomic E-state index is 6.13. The molecule has 0 saturated carbocycles. The van der Waals surface area contributed by atoms with Gasteiger partial charge in [-0.3, -0.25) is 8.80 Å². The number of fused-ring (bicyclic) bond motifs is 12. The average molecular weight is 566 g/mol. The fourth-order valence-electron chi connectivity index (χ4n) is 6.68. The highest BCUT2D eigenvalue weighted by Crippen LogP contribution is 2.35. The van der Waals surface area contributed by atoms with Crippen molar-refractivity contribution >= 4 is 66.6 Å². The Kier molecular flexibility index (Phi) is 4.63. The van der Waals surface area contributed by atoms with Gasteiger partial charge in [0.1, 0.15) is 11.2 Å². The van der Waals surface area contributed by atoms with Crippen LogP contribution in [-0.2, 0) is 0 Å². The zero-order valence-corrected chi connectivity index (χ0v) is 23.4.